The third-order valence-corrected chi connectivity index (χ3v) is 5.91. The van der Waals surface area contributed by atoms with Gasteiger partial charge in [-0.1, -0.05) is 11.6 Å². The molecule has 218 valence electrons. The molecule has 0 N–H and O–H groups in total. The minimum atomic E-state index is -3.54. The van der Waals surface area contributed by atoms with Gasteiger partial charge in [-0.25, -0.2) is 41.9 Å². The lowest BCUT2D eigenvalue weighted by atomic mass is 10.2. The van der Waals surface area contributed by atoms with Crippen molar-refractivity contribution in [3.05, 3.63) is 97.2 Å². The lowest BCUT2D eigenvalue weighted by Gasteiger charge is -2.16. The summed E-state index contributed by atoms with van der Waals surface area (Å²) in [7, 11) is 2.98. The van der Waals surface area contributed by atoms with Crippen molar-refractivity contribution in [3.63, 3.8) is 0 Å². The van der Waals surface area contributed by atoms with Crippen molar-refractivity contribution in [2.24, 2.45) is 19.1 Å². The second-order valence-electron chi connectivity index (χ2n) is 8.72. The van der Waals surface area contributed by atoms with Crippen LogP contribution in [0.4, 0.5) is 18.9 Å². The molecule has 13 nitrogen and oxygen atoms in total. The lowest BCUT2D eigenvalue weighted by Crippen LogP contribution is -2.55. The van der Waals surface area contributed by atoms with Gasteiger partial charge < -0.3 is 4.74 Å². The number of nitrogens with zero attached hydrogens (tertiary/aromatic N) is 9. The molecule has 0 radical (unpaired) electrons. The number of benzene rings is 2. The van der Waals surface area contributed by atoms with Gasteiger partial charge in [-0.2, -0.15) is 10.2 Å². The molecule has 17 heteroatoms. The van der Waals surface area contributed by atoms with E-state index in [1.54, 1.807) is 13.2 Å². The van der Waals surface area contributed by atoms with E-state index < -0.39 is 71.5 Å². The van der Waals surface area contributed by atoms with Crippen molar-refractivity contribution in [3.8, 4) is 0 Å². The average molecular weight is 608 g/mol. The van der Waals surface area contributed by atoms with E-state index in [2.05, 4.69) is 20.2 Å². The number of carbonyl (C=O) groups excluding carboxylic acids is 1. The van der Waals surface area contributed by atoms with Gasteiger partial charge in [0.2, 0.25) is 5.62 Å². The molecule has 2 aromatic carbocycles. The predicted molar refractivity (Wildman–Crippen MR) is 141 cm³/mol. The Bertz CT molecular complexity index is 2240. The molecule has 3 heterocycles. The Morgan fingerprint density at radius 3 is 2.38 bits per heavy atom. The molecule has 5 aromatic rings. The first-order chi connectivity index (χ1) is 21.4. The molecule has 0 saturated carbocycles. The molecule has 0 aliphatic carbocycles. The zero-order valence-electron chi connectivity index (χ0n) is 25.8. The van der Waals surface area contributed by atoms with E-state index in [9.17, 15) is 23.2 Å². The van der Waals surface area contributed by atoms with Crippen LogP contribution >= 0.6 is 11.6 Å². The molecular weight excluding hydrogens is 583 g/mol. The number of hydrogen-bond donors (Lipinski definition) is 0. The third kappa shape index (κ3) is 5.60. The smallest absolute Gasteiger partial charge is 0.338 e. The molecule has 0 unspecified atom stereocenters. The maximum Gasteiger partial charge on any atom is 0.338 e. The summed E-state index contributed by atoms with van der Waals surface area (Å²) in [6, 6.07) is 2.91. The number of carbonyl (C=O) groups is 1. The third-order valence-electron chi connectivity index (χ3n) is 5.60. The van der Waals surface area contributed by atoms with Crippen molar-refractivity contribution >= 4 is 34.2 Å². The molecule has 0 bridgehead atoms. The summed E-state index contributed by atoms with van der Waals surface area (Å²) in [4.78, 5) is 47.9. The van der Waals surface area contributed by atoms with Gasteiger partial charge in [0.1, 0.15) is 12.1 Å². The number of halogens is 4. The maximum absolute atomic E-state index is 15.1. The second kappa shape index (κ2) is 11.1. The van der Waals surface area contributed by atoms with E-state index in [0.29, 0.717) is 15.5 Å². The molecule has 0 amide bonds. The van der Waals surface area contributed by atoms with Crippen LogP contribution in [0.2, 0.25) is 5.02 Å². The van der Waals surface area contributed by atoms with E-state index >= 15 is 4.39 Å². The van der Waals surface area contributed by atoms with E-state index in [1.807, 2.05) is 0 Å². The standard InChI is InChI=1S/C25H21ClF3N9O4/c1-13(39)42-12-38-23(31-21-5-15-8-34(2)32-20(15)6-16(21)26)36(9-14-4-18(28)19(29)7-17(14)27)24(40)37(25(38)41)10-22-30-11-35(3)33-22/h4-8,11H,9-10,12H2,1-3H3/i9D2,10D2. The van der Waals surface area contributed by atoms with Gasteiger partial charge in [-0.05, 0) is 18.2 Å². The van der Waals surface area contributed by atoms with E-state index in [-0.39, 0.29) is 32.0 Å². The van der Waals surface area contributed by atoms with Crippen LogP contribution in [0.15, 0.2) is 51.4 Å². The van der Waals surface area contributed by atoms with Crippen molar-refractivity contribution in [2.45, 2.75) is 26.6 Å². The normalized spacial score (nSPS) is 14.0. The SMILES string of the molecule is [2H]C([2H])(c1ncn(C)n1)n1c(=O)n(COC(C)=O)c(=Nc2cc3cn(C)nc3cc2Cl)n(C([2H])([2H])c2cc(F)c(F)cc2F)c1=O. The van der Waals surface area contributed by atoms with Crippen LogP contribution in [0.1, 0.15) is 23.8 Å². The van der Waals surface area contributed by atoms with Crippen molar-refractivity contribution in [1.29, 1.82) is 0 Å². The number of aromatic nitrogens is 8. The Kier molecular flexibility index (Phi) is 6.27. The van der Waals surface area contributed by atoms with Crippen molar-refractivity contribution < 1.29 is 28.2 Å². The highest BCUT2D eigenvalue weighted by Gasteiger charge is 2.20. The Labute approximate surface area is 243 Å². The van der Waals surface area contributed by atoms with E-state index in [1.165, 1.54) is 23.9 Å². The monoisotopic (exact) mass is 607 g/mol. The fourth-order valence-electron chi connectivity index (χ4n) is 3.74. The molecule has 0 spiro atoms. The highest BCUT2D eigenvalue weighted by Crippen LogP contribution is 2.29. The van der Waals surface area contributed by atoms with Crippen molar-refractivity contribution in [2.75, 3.05) is 0 Å². The van der Waals surface area contributed by atoms with Crippen molar-refractivity contribution in [1.82, 2.24) is 38.2 Å². The van der Waals surface area contributed by atoms with Gasteiger partial charge >= 0.3 is 17.3 Å². The van der Waals surface area contributed by atoms with Crippen LogP contribution in [0.25, 0.3) is 10.9 Å². The topological polar surface area (TPSA) is 136 Å². The zero-order chi connectivity index (χ0) is 33.9. The Morgan fingerprint density at radius 2 is 1.69 bits per heavy atom. The number of fused-ring (bicyclic) bond motifs is 1. The van der Waals surface area contributed by atoms with Crippen LogP contribution in [-0.4, -0.2) is 44.2 Å². The number of hydrogen-bond acceptors (Lipinski definition) is 8. The summed E-state index contributed by atoms with van der Waals surface area (Å²) in [6.07, 6.45) is 2.62. The number of esters is 1. The molecule has 0 atom stereocenters. The van der Waals surface area contributed by atoms with Crippen LogP contribution in [0, 0.1) is 17.5 Å². The van der Waals surface area contributed by atoms with Gasteiger partial charge in [-0.15, -0.1) is 0 Å². The Balaban J connectivity index is 1.99. The first-order valence-corrected chi connectivity index (χ1v) is 12.1. The van der Waals surface area contributed by atoms with Crippen LogP contribution in [0.5, 0.6) is 0 Å². The molecule has 0 aliphatic heterocycles. The largest absolute Gasteiger partial charge is 0.444 e. The summed E-state index contributed by atoms with van der Waals surface area (Å²) >= 11 is 6.42. The molecule has 3 aromatic heterocycles. The maximum atomic E-state index is 15.1. The second-order valence-corrected chi connectivity index (χ2v) is 9.12. The summed E-state index contributed by atoms with van der Waals surface area (Å²) < 4.78 is 86.1. The van der Waals surface area contributed by atoms with E-state index in [4.69, 9.17) is 21.8 Å². The Hall–Kier alpha value is -4.99. The average Bonchev–Trinajstić information content (AvgIpc) is 3.54. The molecule has 0 aliphatic rings. The minimum Gasteiger partial charge on any atom is -0.444 e. The van der Waals surface area contributed by atoms with Gasteiger partial charge in [0.15, 0.2) is 24.2 Å². The summed E-state index contributed by atoms with van der Waals surface area (Å²) in [6.45, 7) is -6.88. The quantitative estimate of drug-likeness (QED) is 0.203. The molecule has 0 saturated heterocycles. The van der Waals surface area contributed by atoms with Crippen LogP contribution in [-0.2, 0) is 43.4 Å². The van der Waals surface area contributed by atoms with Gasteiger partial charge in [0.05, 0.1) is 34.7 Å². The summed E-state index contributed by atoms with van der Waals surface area (Å²) in [5.41, 5.74) is -5.36. The molecular formula is C25H21ClF3N9O4. The van der Waals surface area contributed by atoms with Gasteiger partial charge in [0, 0.05) is 44.2 Å². The summed E-state index contributed by atoms with van der Waals surface area (Å²) in [5, 5.41) is 8.33. The summed E-state index contributed by atoms with van der Waals surface area (Å²) in [5.74, 6) is -6.69. The highest BCUT2D eigenvalue weighted by molar-refractivity contribution is 6.33. The zero-order valence-corrected chi connectivity index (χ0v) is 22.6. The van der Waals surface area contributed by atoms with Gasteiger partial charge in [-0.3, -0.25) is 18.7 Å². The number of aryl methyl sites for hydroxylation is 2. The first kappa shape index (κ1) is 23.7. The van der Waals surface area contributed by atoms with Gasteiger partial charge in [0.25, 0.3) is 0 Å². The molecule has 5 rings (SSSR count). The molecule has 42 heavy (non-hydrogen) atoms. The number of rotatable bonds is 7. The van der Waals surface area contributed by atoms with Crippen LogP contribution in [0.3, 0.4) is 0 Å². The number of ether oxygens (including phenoxy) is 1. The highest BCUT2D eigenvalue weighted by atomic mass is 35.5. The van der Waals surface area contributed by atoms with Crippen LogP contribution < -0.4 is 17.0 Å². The fraction of sp³-hybridized carbons (Fsp3) is 0.240. The lowest BCUT2D eigenvalue weighted by molar-refractivity contribution is -0.145. The minimum absolute atomic E-state index is 0.0121. The first-order valence-electron chi connectivity index (χ1n) is 13.8. The molecule has 0 fully saturated rings. The predicted octanol–water partition coefficient (Wildman–Crippen LogP) is 1.75. The van der Waals surface area contributed by atoms with E-state index in [0.717, 1.165) is 17.9 Å². The fourth-order valence-corrected chi connectivity index (χ4v) is 3.94. The Morgan fingerprint density at radius 1 is 0.976 bits per heavy atom.